The van der Waals surface area contributed by atoms with Crippen molar-refractivity contribution in [1.82, 2.24) is 19.9 Å². The van der Waals surface area contributed by atoms with Crippen LogP contribution in [0.3, 0.4) is 0 Å². The third kappa shape index (κ3) is 5.63. The molecule has 1 atom stereocenters. The van der Waals surface area contributed by atoms with Crippen LogP contribution in [0.1, 0.15) is 41.0 Å². The standard InChI is InChI=1S/C10H28N4Si/c1-6-10(5)14-15(11-7-2,12-8-3)13-9-4/h10-14H,6-9H2,1-5H3. The van der Waals surface area contributed by atoms with E-state index in [0.29, 0.717) is 6.04 Å². The summed E-state index contributed by atoms with van der Waals surface area (Å²) in [4.78, 5) is 14.4. The molecule has 0 heterocycles. The summed E-state index contributed by atoms with van der Waals surface area (Å²) in [6, 6.07) is 0.536. The van der Waals surface area contributed by atoms with Crippen molar-refractivity contribution < 1.29 is 0 Å². The molecule has 0 bridgehead atoms. The highest BCUT2D eigenvalue weighted by atomic mass is 28.4. The molecule has 0 aromatic carbocycles. The zero-order valence-electron chi connectivity index (χ0n) is 10.9. The quantitative estimate of drug-likeness (QED) is 0.441. The molecule has 0 amide bonds. The Kier molecular flexibility index (Phi) is 8.27. The van der Waals surface area contributed by atoms with Crippen molar-refractivity contribution in [2.75, 3.05) is 19.6 Å². The molecule has 0 aromatic rings. The summed E-state index contributed by atoms with van der Waals surface area (Å²) in [6.07, 6.45) is 1.15. The van der Waals surface area contributed by atoms with Crippen LogP contribution in [0.15, 0.2) is 0 Å². The maximum absolute atomic E-state index is 3.69. The van der Waals surface area contributed by atoms with Gasteiger partial charge in [-0.15, -0.1) is 0 Å². The van der Waals surface area contributed by atoms with Gasteiger partial charge in [0.15, 0.2) is 0 Å². The number of hydrogen-bond acceptors (Lipinski definition) is 4. The van der Waals surface area contributed by atoms with E-state index >= 15 is 0 Å². The van der Waals surface area contributed by atoms with Gasteiger partial charge in [0.05, 0.1) is 0 Å². The SMILES string of the molecule is CCN[Si](NCC)(NCC)NC(C)CC. The Morgan fingerprint density at radius 1 is 0.867 bits per heavy atom. The van der Waals surface area contributed by atoms with Crippen LogP contribution in [0.5, 0.6) is 0 Å². The first-order valence-corrected chi connectivity index (χ1v) is 8.16. The lowest BCUT2D eigenvalue weighted by Crippen LogP contribution is -2.81. The van der Waals surface area contributed by atoms with Crippen molar-refractivity contribution in [1.29, 1.82) is 0 Å². The van der Waals surface area contributed by atoms with Crippen molar-refractivity contribution in [2.45, 2.75) is 47.1 Å². The van der Waals surface area contributed by atoms with Gasteiger partial charge in [0.1, 0.15) is 0 Å². The van der Waals surface area contributed by atoms with E-state index < -0.39 is 8.72 Å². The van der Waals surface area contributed by atoms with Crippen molar-refractivity contribution in [3.8, 4) is 0 Å². The normalized spacial score (nSPS) is 14.2. The Labute approximate surface area is 95.9 Å². The van der Waals surface area contributed by atoms with E-state index in [4.69, 9.17) is 0 Å². The van der Waals surface area contributed by atoms with Crippen molar-refractivity contribution in [3.63, 3.8) is 0 Å². The van der Waals surface area contributed by atoms with Crippen LogP contribution in [0.25, 0.3) is 0 Å². The molecule has 1 unspecified atom stereocenters. The van der Waals surface area contributed by atoms with Gasteiger partial charge in [-0.1, -0.05) is 34.6 Å². The van der Waals surface area contributed by atoms with Gasteiger partial charge in [0.25, 0.3) is 0 Å². The van der Waals surface area contributed by atoms with Crippen molar-refractivity contribution >= 4 is 8.72 Å². The second-order valence-corrected chi connectivity index (χ2v) is 6.64. The molecule has 15 heavy (non-hydrogen) atoms. The van der Waals surface area contributed by atoms with Gasteiger partial charge in [0.2, 0.25) is 0 Å². The van der Waals surface area contributed by atoms with Gasteiger partial charge in [-0.05, 0) is 26.1 Å². The predicted molar refractivity (Wildman–Crippen MR) is 69.7 cm³/mol. The Bertz CT molecular complexity index is 137. The third-order valence-electron chi connectivity index (χ3n) is 2.40. The third-order valence-corrected chi connectivity index (χ3v) is 5.98. The van der Waals surface area contributed by atoms with E-state index in [0.717, 1.165) is 26.1 Å². The molecule has 4 N–H and O–H groups in total. The van der Waals surface area contributed by atoms with Gasteiger partial charge in [0, 0.05) is 6.04 Å². The minimum absolute atomic E-state index is 0.536. The topological polar surface area (TPSA) is 48.1 Å². The molecular weight excluding hydrogens is 204 g/mol. The fourth-order valence-corrected chi connectivity index (χ4v) is 4.82. The molecule has 0 aliphatic rings. The van der Waals surface area contributed by atoms with Gasteiger partial charge in [-0.2, -0.15) is 0 Å². The highest BCUT2D eigenvalue weighted by Gasteiger charge is 2.33. The van der Waals surface area contributed by atoms with Crippen LogP contribution in [-0.4, -0.2) is 34.4 Å². The molecule has 0 fully saturated rings. The largest absolute Gasteiger partial charge is 0.366 e. The van der Waals surface area contributed by atoms with E-state index in [1.165, 1.54) is 0 Å². The molecule has 0 aliphatic heterocycles. The molecule has 5 heteroatoms. The van der Waals surface area contributed by atoms with E-state index in [2.05, 4.69) is 54.5 Å². The van der Waals surface area contributed by atoms with Crippen LogP contribution < -0.4 is 19.9 Å². The second kappa shape index (κ2) is 8.24. The average Bonchev–Trinajstić information content (AvgIpc) is 2.18. The summed E-state index contributed by atoms with van der Waals surface area (Å²) in [6.45, 7) is 13.8. The summed E-state index contributed by atoms with van der Waals surface area (Å²) in [5.41, 5.74) is 0. The van der Waals surface area contributed by atoms with Crippen LogP contribution in [0.2, 0.25) is 0 Å². The van der Waals surface area contributed by atoms with E-state index in [1.54, 1.807) is 0 Å². The summed E-state index contributed by atoms with van der Waals surface area (Å²) in [7, 11) is -1.88. The molecule has 0 rings (SSSR count). The summed E-state index contributed by atoms with van der Waals surface area (Å²) in [5, 5.41) is 0. The fraction of sp³-hybridized carbons (Fsp3) is 1.00. The Morgan fingerprint density at radius 3 is 1.53 bits per heavy atom. The second-order valence-electron chi connectivity index (χ2n) is 3.79. The predicted octanol–water partition coefficient (Wildman–Crippen LogP) is 0.639. The number of hydrogen-bond donors (Lipinski definition) is 4. The Balaban J connectivity index is 4.44. The first kappa shape index (κ1) is 15.1. The van der Waals surface area contributed by atoms with Crippen molar-refractivity contribution in [2.24, 2.45) is 0 Å². The molecule has 0 spiro atoms. The minimum atomic E-state index is -1.88. The van der Waals surface area contributed by atoms with Crippen LogP contribution in [0, 0.1) is 0 Å². The lowest BCUT2D eigenvalue weighted by molar-refractivity contribution is 0.589. The zero-order valence-corrected chi connectivity index (χ0v) is 11.9. The van der Waals surface area contributed by atoms with Gasteiger partial charge in [-0.3, -0.25) is 4.98 Å². The monoisotopic (exact) mass is 232 g/mol. The molecule has 0 radical (unpaired) electrons. The number of nitrogens with one attached hydrogen (secondary N) is 4. The first-order valence-electron chi connectivity index (χ1n) is 6.16. The molecule has 0 saturated heterocycles. The van der Waals surface area contributed by atoms with Crippen LogP contribution in [-0.2, 0) is 0 Å². The number of rotatable bonds is 9. The smallest absolute Gasteiger partial charge is 0.301 e. The van der Waals surface area contributed by atoms with E-state index in [9.17, 15) is 0 Å². The highest BCUT2D eigenvalue weighted by Crippen LogP contribution is 1.93. The minimum Gasteiger partial charge on any atom is -0.301 e. The molecule has 4 nitrogen and oxygen atoms in total. The van der Waals surface area contributed by atoms with E-state index in [1.807, 2.05) is 0 Å². The zero-order chi connectivity index (χ0) is 11.7. The first-order chi connectivity index (χ1) is 7.14. The summed E-state index contributed by atoms with van der Waals surface area (Å²) >= 11 is 0. The van der Waals surface area contributed by atoms with Gasteiger partial charge in [-0.25, -0.2) is 0 Å². The van der Waals surface area contributed by atoms with E-state index in [-0.39, 0.29) is 0 Å². The van der Waals surface area contributed by atoms with Crippen LogP contribution in [0.4, 0.5) is 0 Å². The summed E-state index contributed by atoms with van der Waals surface area (Å²) < 4.78 is 0. The Morgan fingerprint density at radius 2 is 1.27 bits per heavy atom. The van der Waals surface area contributed by atoms with Gasteiger partial charge >= 0.3 is 8.72 Å². The maximum Gasteiger partial charge on any atom is 0.366 e. The van der Waals surface area contributed by atoms with Gasteiger partial charge < -0.3 is 14.9 Å². The summed E-state index contributed by atoms with van der Waals surface area (Å²) in [5.74, 6) is 0. The molecule has 0 aliphatic carbocycles. The lowest BCUT2D eigenvalue weighted by atomic mass is 10.3. The average molecular weight is 232 g/mol. The maximum atomic E-state index is 3.69. The molecule has 0 aromatic heterocycles. The highest BCUT2D eigenvalue weighted by molar-refractivity contribution is 6.70. The van der Waals surface area contributed by atoms with Crippen LogP contribution >= 0.6 is 0 Å². The van der Waals surface area contributed by atoms with Crippen molar-refractivity contribution in [3.05, 3.63) is 0 Å². The lowest BCUT2D eigenvalue weighted by Gasteiger charge is -2.35. The molecular formula is C10H28N4Si. The molecule has 92 valence electrons. The fourth-order valence-electron chi connectivity index (χ4n) is 1.61. The Hall–Kier alpha value is 0.0569. The molecule has 0 saturated carbocycles.